The maximum atomic E-state index is 12.0. The Balaban J connectivity index is 2.51. The first-order valence-corrected chi connectivity index (χ1v) is 5.91. The SMILES string of the molecule is Cc1c(C(=O)N(C)C)cccc1-c1ccc(C=O)o1. The van der Waals surface area contributed by atoms with Gasteiger partial charge in [0.1, 0.15) is 5.76 Å². The lowest BCUT2D eigenvalue weighted by atomic mass is 10.00. The van der Waals surface area contributed by atoms with Crippen molar-refractivity contribution in [3.05, 3.63) is 47.2 Å². The number of carbonyl (C=O) groups excluding carboxylic acids is 2. The van der Waals surface area contributed by atoms with E-state index >= 15 is 0 Å². The molecule has 0 N–H and O–H groups in total. The molecule has 0 atom stereocenters. The monoisotopic (exact) mass is 257 g/mol. The Morgan fingerprint density at radius 3 is 2.53 bits per heavy atom. The van der Waals surface area contributed by atoms with Crippen molar-refractivity contribution in [2.24, 2.45) is 0 Å². The summed E-state index contributed by atoms with van der Waals surface area (Å²) in [7, 11) is 3.43. The zero-order chi connectivity index (χ0) is 14.0. The summed E-state index contributed by atoms with van der Waals surface area (Å²) in [6, 6.07) is 8.81. The van der Waals surface area contributed by atoms with Gasteiger partial charge in [-0.25, -0.2) is 0 Å². The van der Waals surface area contributed by atoms with Gasteiger partial charge in [0.15, 0.2) is 12.0 Å². The van der Waals surface area contributed by atoms with Crippen molar-refractivity contribution in [1.29, 1.82) is 0 Å². The molecule has 0 aliphatic carbocycles. The van der Waals surface area contributed by atoms with Crippen LogP contribution in [0.2, 0.25) is 0 Å². The average Bonchev–Trinajstić information content (AvgIpc) is 2.86. The molecule has 0 saturated carbocycles. The molecule has 1 aromatic carbocycles. The van der Waals surface area contributed by atoms with Crippen molar-refractivity contribution < 1.29 is 14.0 Å². The molecule has 4 nitrogen and oxygen atoms in total. The maximum absolute atomic E-state index is 12.0. The molecular formula is C15H15NO3. The lowest BCUT2D eigenvalue weighted by molar-refractivity contribution is 0.0827. The number of nitrogens with zero attached hydrogens (tertiary/aromatic N) is 1. The average molecular weight is 257 g/mol. The van der Waals surface area contributed by atoms with Crippen molar-refractivity contribution >= 4 is 12.2 Å². The summed E-state index contributed by atoms with van der Waals surface area (Å²) in [5.74, 6) is 0.813. The normalized spacial score (nSPS) is 10.3. The van der Waals surface area contributed by atoms with Crippen LogP contribution >= 0.6 is 0 Å². The van der Waals surface area contributed by atoms with E-state index in [-0.39, 0.29) is 11.7 Å². The number of benzene rings is 1. The molecule has 0 saturated heterocycles. The Morgan fingerprint density at radius 1 is 1.21 bits per heavy atom. The molecule has 0 aliphatic heterocycles. The van der Waals surface area contributed by atoms with Crippen LogP contribution in [0.5, 0.6) is 0 Å². The molecule has 0 radical (unpaired) electrons. The van der Waals surface area contributed by atoms with Crippen LogP contribution in [0.25, 0.3) is 11.3 Å². The minimum atomic E-state index is -0.0542. The molecule has 0 aliphatic rings. The molecular weight excluding hydrogens is 242 g/mol. The van der Waals surface area contributed by atoms with Gasteiger partial charge in [-0.2, -0.15) is 0 Å². The number of carbonyl (C=O) groups is 2. The van der Waals surface area contributed by atoms with E-state index in [2.05, 4.69) is 0 Å². The molecule has 0 spiro atoms. The molecule has 0 bridgehead atoms. The van der Waals surface area contributed by atoms with Crippen molar-refractivity contribution in [3.63, 3.8) is 0 Å². The van der Waals surface area contributed by atoms with Gasteiger partial charge in [-0.05, 0) is 30.7 Å². The van der Waals surface area contributed by atoms with Crippen LogP contribution in [0.4, 0.5) is 0 Å². The molecule has 1 amide bonds. The molecule has 0 unspecified atom stereocenters. The minimum absolute atomic E-state index is 0.0542. The van der Waals surface area contributed by atoms with E-state index in [9.17, 15) is 9.59 Å². The van der Waals surface area contributed by atoms with Crippen LogP contribution < -0.4 is 0 Å². The highest BCUT2D eigenvalue weighted by atomic mass is 16.3. The van der Waals surface area contributed by atoms with Gasteiger partial charge in [-0.1, -0.05) is 12.1 Å². The lowest BCUT2D eigenvalue weighted by Crippen LogP contribution is -2.22. The van der Waals surface area contributed by atoms with Gasteiger partial charge in [0, 0.05) is 25.2 Å². The molecule has 1 aromatic heterocycles. The van der Waals surface area contributed by atoms with E-state index in [4.69, 9.17) is 4.42 Å². The van der Waals surface area contributed by atoms with Crippen LogP contribution in [0.1, 0.15) is 26.5 Å². The third-order valence-electron chi connectivity index (χ3n) is 2.98. The summed E-state index contributed by atoms with van der Waals surface area (Å²) in [6.45, 7) is 1.87. The van der Waals surface area contributed by atoms with E-state index in [1.165, 1.54) is 4.90 Å². The summed E-state index contributed by atoms with van der Waals surface area (Å²) >= 11 is 0. The first kappa shape index (κ1) is 13.1. The standard InChI is InChI=1S/C15H15NO3/c1-10-12(14-8-7-11(9-17)19-14)5-4-6-13(10)15(18)16(2)3/h4-9H,1-3H3. The third kappa shape index (κ3) is 2.42. The van der Waals surface area contributed by atoms with Crippen molar-refractivity contribution in [1.82, 2.24) is 4.90 Å². The summed E-state index contributed by atoms with van der Waals surface area (Å²) in [5.41, 5.74) is 2.29. The van der Waals surface area contributed by atoms with E-state index in [0.29, 0.717) is 17.6 Å². The number of furan rings is 1. The predicted octanol–water partition coefficient (Wildman–Crippen LogP) is 2.77. The third-order valence-corrected chi connectivity index (χ3v) is 2.98. The Morgan fingerprint density at radius 2 is 1.95 bits per heavy atom. The lowest BCUT2D eigenvalue weighted by Gasteiger charge is -2.14. The Bertz CT molecular complexity index is 626. The number of aldehydes is 1. The van der Waals surface area contributed by atoms with Crippen molar-refractivity contribution in [2.45, 2.75) is 6.92 Å². The molecule has 4 heteroatoms. The van der Waals surface area contributed by atoms with Gasteiger partial charge >= 0.3 is 0 Å². The molecule has 2 rings (SSSR count). The second-order valence-corrected chi connectivity index (χ2v) is 4.50. The number of hydrogen-bond donors (Lipinski definition) is 0. The molecule has 0 fully saturated rings. The number of rotatable bonds is 3. The van der Waals surface area contributed by atoms with Gasteiger partial charge in [-0.15, -0.1) is 0 Å². The Hall–Kier alpha value is -2.36. The van der Waals surface area contributed by atoms with Gasteiger partial charge in [-0.3, -0.25) is 9.59 Å². The largest absolute Gasteiger partial charge is 0.453 e. The highest BCUT2D eigenvalue weighted by molar-refractivity contribution is 5.97. The summed E-state index contributed by atoms with van der Waals surface area (Å²) in [5, 5.41) is 0. The topological polar surface area (TPSA) is 50.5 Å². The van der Waals surface area contributed by atoms with Crippen LogP contribution in [-0.2, 0) is 0 Å². The van der Waals surface area contributed by atoms with Gasteiger partial charge in [0.05, 0.1) is 0 Å². The molecule has 1 heterocycles. The Kier molecular flexibility index (Phi) is 3.51. The minimum Gasteiger partial charge on any atom is -0.453 e. The highest BCUT2D eigenvalue weighted by Gasteiger charge is 2.15. The number of amides is 1. The Labute approximate surface area is 111 Å². The quantitative estimate of drug-likeness (QED) is 0.794. The fraction of sp³-hybridized carbons (Fsp3) is 0.200. The molecule has 2 aromatic rings. The summed E-state index contributed by atoms with van der Waals surface area (Å²) < 4.78 is 5.40. The first-order chi connectivity index (χ1) is 9.04. The molecule has 19 heavy (non-hydrogen) atoms. The maximum Gasteiger partial charge on any atom is 0.253 e. The van der Waals surface area contributed by atoms with Crippen LogP contribution in [0.3, 0.4) is 0 Å². The zero-order valence-corrected chi connectivity index (χ0v) is 11.1. The summed E-state index contributed by atoms with van der Waals surface area (Å²) in [6.07, 6.45) is 0.660. The van der Waals surface area contributed by atoms with Gasteiger partial charge < -0.3 is 9.32 Å². The smallest absolute Gasteiger partial charge is 0.253 e. The van der Waals surface area contributed by atoms with Gasteiger partial charge in [0.2, 0.25) is 0 Å². The van der Waals surface area contributed by atoms with Gasteiger partial charge in [0.25, 0.3) is 5.91 Å². The second kappa shape index (κ2) is 5.10. The van der Waals surface area contributed by atoms with E-state index in [1.54, 1.807) is 32.3 Å². The zero-order valence-electron chi connectivity index (χ0n) is 11.1. The predicted molar refractivity (Wildman–Crippen MR) is 72.3 cm³/mol. The van der Waals surface area contributed by atoms with E-state index in [1.807, 2.05) is 19.1 Å². The van der Waals surface area contributed by atoms with Crippen LogP contribution in [-0.4, -0.2) is 31.2 Å². The fourth-order valence-corrected chi connectivity index (χ4v) is 1.94. The summed E-state index contributed by atoms with van der Waals surface area (Å²) in [4.78, 5) is 24.2. The second-order valence-electron chi connectivity index (χ2n) is 4.50. The van der Waals surface area contributed by atoms with E-state index in [0.717, 1.165) is 11.1 Å². The van der Waals surface area contributed by atoms with Crippen LogP contribution in [0, 0.1) is 6.92 Å². The van der Waals surface area contributed by atoms with Crippen LogP contribution in [0.15, 0.2) is 34.7 Å². The van der Waals surface area contributed by atoms with Crippen molar-refractivity contribution in [3.8, 4) is 11.3 Å². The highest BCUT2D eigenvalue weighted by Crippen LogP contribution is 2.27. The first-order valence-electron chi connectivity index (χ1n) is 5.91. The van der Waals surface area contributed by atoms with Crippen molar-refractivity contribution in [2.75, 3.05) is 14.1 Å². The molecule has 98 valence electrons. The fourth-order valence-electron chi connectivity index (χ4n) is 1.94. The van der Waals surface area contributed by atoms with E-state index < -0.39 is 0 Å². The number of hydrogen-bond acceptors (Lipinski definition) is 3.